The van der Waals surface area contributed by atoms with Crippen molar-refractivity contribution in [3.05, 3.63) is 23.8 Å². The van der Waals surface area contributed by atoms with Gasteiger partial charge < -0.3 is 0 Å². The lowest BCUT2D eigenvalue weighted by Crippen LogP contribution is -2.12. The van der Waals surface area contributed by atoms with Crippen LogP contribution in [0.4, 0.5) is 0 Å². The first-order valence-corrected chi connectivity index (χ1v) is 5.70. The Morgan fingerprint density at radius 1 is 1.58 bits per heavy atom. The monoisotopic (exact) mass is 228 g/mol. The summed E-state index contributed by atoms with van der Waals surface area (Å²) in [6, 6.07) is 0. The number of alkyl halides is 1. The average Bonchev–Trinajstić information content (AvgIpc) is 2.01. The fraction of sp³-hybridized carbons (Fsp3) is 0.636. The molecule has 0 fully saturated rings. The third-order valence-electron chi connectivity index (χ3n) is 2.36. The Hall–Kier alpha value is -0.0400. The lowest BCUT2D eigenvalue weighted by atomic mass is 9.80. The molecule has 0 aromatic carbocycles. The number of hydrogen-bond donors (Lipinski definition) is 0. The highest BCUT2D eigenvalue weighted by molar-refractivity contribution is 9.09. The highest BCUT2D eigenvalue weighted by Gasteiger charge is 2.19. The fourth-order valence-corrected chi connectivity index (χ4v) is 2.07. The largest absolute Gasteiger partial charge is 0.0928 e. The predicted molar refractivity (Wildman–Crippen MR) is 58.6 cm³/mol. The van der Waals surface area contributed by atoms with Gasteiger partial charge in [-0.3, -0.25) is 0 Å². The van der Waals surface area contributed by atoms with Gasteiger partial charge in [0.15, 0.2) is 0 Å². The molecular formula is C11H17Br. The Bertz CT molecular complexity index is 203. The van der Waals surface area contributed by atoms with Gasteiger partial charge in [-0.2, -0.15) is 0 Å². The van der Waals surface area contributed by atoms with E-state index in [4.69, 9.17) is 0 Å². The van der Waals surface area contributed by atoms with E-state index in [1.807, 2.05) is 0 Å². The van der Waals surface area contributed by atoms with Crippen molar-refractivity contribution in [2.24, 2.45) is 5.41 Å². The highest BCUT2D eigenvalue weighted by Crippen LogP contribution is 2.32. The summed E-state index contributed by atoms with van der Waals surface area (Å²) in [4.78, 5) is 0. The first kappa shape index (κ1) is 10.0. The SMILES string of the molecule is CC1=CC(C)(CCCBr)C=CC1. The molecule has 0 aromatic heterocycles. The van der Waals surface area contributed by atoms with Gasteiger partial charge in [0.2, 0.25) is 0 Å². The Kier molecular flexibility index (Phi) is 3.57. The van der Waals surface area contributed by atoms with Crippen LogP contribution >= 0.6 is 15.9 Å². The predicted octanol–water partition coefficient (Wildman–Crippen LogP) is 4.07. The third-order valence-corrected chi connectivity index (χ3v) is 2.92. The third kappa shape index (κ3) is 2.78. The van der Waals surface area contributed by atoms with Crippen LogP contribution in [0.1, 0.15) is 33.1 Å². The molecule has 1 aliphatic rings. The Morgan fingerprint density at radius 2 is 2.33 bits per heavy atom. The van der Waals surface area contributed by atoms with Crippen LogP contribution in [0.25, 0.3) is 0 Å². The van der Waals surface area contributed by atoms with Gasteiger partial charge in [-0.25, -0.2) is 0 Å². The van der Waals surface area contributed by atoms with E-state index in [0.29, 0.717) is 5.41 Å². The molecule has 12 heavy (non-hydrogen) atoms. The van der Waals surface area contributed by atoms with Crippen LogP contribution in [0.5, 0.6) is 0 Å². The summed E-state index contributed by atoms with van der Waals surface area (Å²) in [5.74, 6) is 0. The van der Waals surface area contributed by atoms with E-state index in [9.17, 15) is 0 Å². The van der Waals surface area contributed by atoms with E-state index < -0.39 is 0 Å². The number of hydrogen-bond acceptors (Lipinski definition) is 0. The molecule has 0 spiro atoms. The lowest BCUT2D eigenvalue weighted by molar-refractivity contribution is 0.485. The summed E-state index contributed by atoms with van der Waals surface area (Å²) in [6.45, 7) is 4.53. The number of rotatable bonds is 3. The van der Waals surface area contributed by atoms with Crippen molar-refractivity contribution in [3.8, 4) is 0 Å². The van der Waals surface area contributed by atoms with E-state index in [2.05, 4.69) is 48.0 Å². The van der Waals surface area contributed by atoms with Crippen molar-refractivity contribution in [2.45, 2.75) is 33.1 Å². The quantitative estimate of drug-likeness (QED) is 0.505. The first-order chi connectivity index (χ1) is 5.66. The molecule has 0 aromatic rings. The molecule has 0 aliphatic heterocycles. The van der Waals surface area contributed by atoms with E-state index in [0.717, 1.165) is 11.8 Å². The molecule has 68 valence electrons. The summed E-state index contributed by atoms with van der Waals surface area (Å²) >= 11 is 3.47. The standard InChI is InChI=1S/C11H17Br/c1-10-5-3-6-11(2,9-10)7-4-8-12/h3,6,9H,4-5,7-8H2,1-2H3. The molecule has 0 radical (unpaired) electrons. The second kappa shape index (κ2) is 4.27. The van der Waals surface area contributed by atoms with Gasteiger partial charge in [-0.1, -0.05) is 46.7 Å². The Morgan fingerprint density at radius 3 is 2.92 bits per heavy atom. The van der Waals surface area contributed by atoms with Gasteiger partial charge >= 0.3 is 0 Å². The molecule has 0 amide bonds. The topological polar surface area (TPSA) is 0 Å². The van der Waals surface area contributed by atoms with Crippen LogP contribution in [0.2, 0.25) is 0 Å². The van der Waals surface area contributed by atoms with Crippen LogP contribution in [0.15, 0.2) is 23.8 Å². The van der Waals surface area contributed by atoms with Crippen molar-refractivity contribution in [3.63, 3.8) is 0 Å². The first-order valence-electron chi connectivity index (χ1n) is 4.58. The number of allylic oxidation sites excluding steroid dienone is 4. The lowest BCUT2D eigenvalue weighted by Gasteiger charge is -2.25. The van der Waals surface area contributed by atoms with Crippen LogP contribution in [0, 0.1) is 5.41 Å². The zero-order chi connectivity index (χ0) is 9.03. The van der Waals surface area contributed by atoms with Crippen LogP contribution in [-0.2, 0) is 0 Å². The van der Waals surface area contributed by atoms with Crippen LogP contribution in [0.3, 0.4) is 0 Å². The molecule has 1 heteroatoms. The minimum Gasteiger partial charge on any atom is -0.0928 e. The minimum absolute atomic E-state index is 0.329. The summed E-state index contributed by atoms with van der Waals surface area (Å²) in [7, 11) is 0. The number of halogens is 1. The van der Waals surface area contributed by atoms with Gasteiger partial charge in [0.1, 0.15) is 0 Å². The van der Waals surface area contributed by atoms with E-state index in [-0.39, 0.29) is 0 Å². The average molecular weight is 229 g/mol. The summed E-state index contributed by atoms with van der Waals surface area (Å²) in [5.41, 5.74) is 1.84. The highest BCUT2D eigenvalue weighted by atomic mass is 79.9. The van der Waals surface area contributed by atoms with Crippen molar-refractivity contribution < 1.29 is 0 Å². The molecule has 0 bridgehead atoms. The molecule has 1 unspecified atom stereocenters. The van der Waals surface area contributed by atoms with Gasteiger partial charge in [-0.15, -0.1) is 0 Å². The smallest absolute Gasteiger partial charge is 0.00357 e. The molecule has 1 atom stereocenters. The van der Waals surface area contributed by atoms with E-state index in [1.54, 1.807) is 0 Å². The molecule has 0 heterocycles. The molecule has 1 aliphatic carbocycles. The van der Waals surface area contributed by atoms with Gasteiger partial charge in [-0.05, 0) is 26.2 Å². The molecule has 1 rings (SSSR count). The van der Waals surface area contributed by atoms with Crippen molar-refractivity contribution in [1.29, 1.82) is 0 Å². The maximum Gasteiger partial charge on any atom is 0.00357 e. The summed E-state index contributed by atoms with van der Waals surface area (Å²) < 4.78 is 0. The van der Waals surface area contributed by atoms with Crippen LogP contribution in [-0.4, -0.2) is 5.33 Å². The zero-order valence-corrected chi connectivity index (χ0v) is 9.52. The second-order valence-electron chi connectivity index (χ2n) is 3.90. The van der Waals surface area contributed by atoms with Crippen molar-refractivity contribution in [2.75, 3.05) is 5.33 Å². The Labute approximate surface area is 83.9 Å². The second-order valence-corrected chi connectivity index (χ2v) is 4.69. The van der Waals surface area contributed by atoms with Crippen LogP contribution < -0.4 is 0 Å². The summed E-state index contributed by atoms with van der Waals surface area (Å²) in [6.07, 6.45) is 10.7. The molecule has 0 saturated carbocycles. The minimum atomic E-state index is 0.329. The maximum absolute atomic E-state index is 3.47. The van der Waals surface area contributed by atoms with E-state index in [1.165, 1.54) is 18.4 Å². The molecule has 0 nitrogen and oxygen atoms in total. The van der Waals surface area contributed by atoms with E-state index >= 15 is 0 Å². The van der Waals surface area contributed by atoms with Crippen molar-refractivity contribution in [1.82, 2.24) is 0 Å². The molecular weight excluding hydrogens is 212 g/mol. The Balaban J connectivity index is 2.57. The fourth-order valence-electron chi connectivity index (χ4n) is 1.79. The van der Waals surface area contributed by atoms with Gasteiger partial charge in [0, 0.05) is 10.7 Å². The van der Waals surface area contributed by atoms with Crippen molar-refractivity contribution >= 4 is 15.9 Å². The normalized spacial score (nSPS) is 28.8. The molecule has 0 N–H and O–H groups in total. The molecule has 0 saturated heterocycles. The summed E-state index contributed by atoms with van der Waals surface area (Å²) in [5, 5.41) is 1.11. The maximum atomic E-state index is 3.47. The van der Waals surface area contributed by atoms with Gasteiger partial charge in [0.05, 0.1) is 0 Å². The zero-order valence-electron chi connectivity index (χ0n) is 7.94. The van der Waals surface area contributed by atoms with Gasteiger partial charge in [0.25, 0.3) is 0 Å².